The average Bonchev–Trinajstić information content (AvgIpc) is 3.08. The number of ether oxygens (including phenoxy) is 2. The van der Waals surface area contributed by atoms with Crippen molar-refractivity contribution < 1.29 is 23.9 Å². The van der Waals surface area contributed by atoms with Gasteiger partial charge in [-0.25, -0.2) is 0 Å². The molecule has 0 aliphatic carbocycles. The standard InChI is InChI=1S/C17H15NO5S/c19-13(15-6-3-9-24-15)11-23-17(21)10-18-12-4-1-2-5-14(12)22-8-7-16(18)20/h1-6,9H,7-8,10-11H2. The zero-order valence-electron chi connectivity index (χ0n) is 12.8. The monoisotopic (exact) mass is 345 g/mol. The van der Waals surface area contributed by atoms with E-state index < -0.39 is 5.97 Å². The van der Waals surface area contributed by atoms with Gasteiger partial charge in [-0.05, 0) is 23.6 Å². The van der Waals surface area contributed by atoms with E-state index in [4.69, 9.17) is 9.47 Å². The summed E-state index contributed by atoms with van der Waals surface area (Å²) in [5.74, 6) is -0.568. The lowest BCUT2D eigenvalue weighted by Gasteiger charge is -2.20. The van der Waals surface area contributed by atoms with E-state index in [0.29, 0.717) is 16.3 Å². The second-order valence-corrected chi connectivity index (χ2v) is 6.05. The van der Waals surface area contributed by atoms with E-state index in [1.165, 1.54) is 16.2 Å². The van der Waals surface area contributed by atoms with Crippen LogP contribution in [0, 0.1) is 0 Å². The summed E-state index contributed by atoms with van der Waals surface area (Å²) in [6.07, 6.45) is 0.177. The van der Waals surface area contributed by atoms with Crippen LogP contribution in [-0.2, 0) is 14.3 Å². The molecule has 0 radical (unpaired) electrons. The molecule has 0 saturated carbocycles. The third-order valence-electron chi connectivity index (χ3n) is 3.48. The number of fused-ring (bicyclic) bond motifs is 1. The zero-order valence-corrected chi connectivity index (χ0v) is 13.6. The van der Waals surface area contributed by atoms with Crippen LogP contribution in [0.4, 0.5) is 5.69 Å². The third-order valence-corrected chi connectivity index (χ3v) is 4.39. The SMILES string of the molecule is O=C(CN1C(=O)CCOc2ccccc21)OCC(=O)c1cccs1. The van der Waals surface area contributed by atoms with E-state index in [2.05, 4.69) is 0 Å². The summed E-state index contributed by atoms with van der Waals surface area (Å²) in [5, 5.41) is 1.78. The summed E-state index contributed by atoms with van der Waals surface area (Å²) in [5.41, 5.74) is 0.529. The molecule has 1 aromatic heterocycles. The number of anilines is 1. The largest absolute Gasteiger partial charge is 0.491 e. The van der Waals surface area contributed by atoms with Gasteiger partial charge in [0.25, 0.3) is 0 Å². The fraction of sp³-hybridized carbons (Fsp3) is 0.235. The molecule has 1 aliphatic heterocycles. The van der Waals surface area contributed by atoms with Crippen LogP contribution in [0.5, 0.6) is 5.75 Å². The average molecular weight is 345 g/mol. The maximum absolute atomic E-state index is 12.2. The Kier molecular flexibility index (Phi) is 4.90. The van der Waals surface area contributed by atoms with Crippen LogP contribution in [0.25, 0.3) is 0 Å². The predicted molar refractivity (Wildman–Crippen MR) is 88.5 cm³/mol. The highest BCUT2D eigenvalue weighted by Crippen LogP contribution is 2.30. The maximum atomic E-state index is 12.2. The molecule has 0 atom stereocenters. The molecule has 24 heavy (non-hydrogen) atoms. The second kappa shape index (κ2) is 7.27. The van der Waals surface area contributed by atoms with Gasteiger partial charge in [-0.15, -0.1) is 11.3 Å². The minimum atomic E-state index is -0.634. The molecular formula is C17H15NO5S. The van der Waals surface area contributed by atoms with Crippen molar-refractivity contribution in [1.82, 2.24) is 0 Å². The van der Waals surface area contributed by atoms with Crippen LogP contribution in [0.2, 0.25) is 0 Å². The molecule has 0 unspecified atom stereocenters. The van der Waals surface area contributed by atoms with Crippen molar-refractivity contribution in [3.05, 3.63) is 46.7 Å². The number of hydrogen-bond donors (Lipinski definition) is 0. The summed E-state index contributed by atoms with van der Waals surface area (Å²) in [6.45, 7) is -0.325. The van der Waals surface area contributed by atoms with Crippen molar-refractivity contribution in [3.8, 4) is 5.75 Å². The van der Waals surface area contributed by atoms with Gasteiger partial charge in [0.1, 0.15) is 12.3 Å². The van der Waals surface area contributed by atoms with Gasteiger partial charge in [0.15, 0.2) is 6.61 Å². The number of para-hydroxylation sites is 2. The molecule has 1 aliphatic rings. The van der Waals surface area contributed by atoms with Crippen LogP contribution >= 0.6 is 11.3 Å². The number of ketones is 1. The first-order valence-electron chi connectivity index (χ1n) is 7.39. The third kappa shape index (κ3) is 3.62. The molecule has 2 heterocycles. The molecule has 1 aromatic carbocycles. The van der Waals surface area contributed by atoms with Crippen molar-refractivity contribution in [2.45, 2.75) is 6.42 Å². The van der Waals surface area contributed by atoms with Crippen molar-refractivity contribution >= 4 is 34.7 Å². The molecule has 0 saturated heterocycles. The summed E-state index contributed by atoms with van der Waals surface area (Å²) in [7, 11) is 0. The number of thiophene rings is 1. The number of nitrogens with zero attached hydrogens (tertiary/aromatic N) is 1. The van der Waals surface area contributed by atoms with Crippen molar-refractivity contribution in [2.75, 3.05) is 24.7 Å². The highest BCUT2D eigenvalue weighted by atomic mass is 32.1. The molecule has 3 rings (SSSR count). The molecular weight excluding hydrogens is 330 g/mol. The number of amides is 1. The lowest BCUT2D eigenvalue weighted by atomic mass is 10.2. The number of rotatable bonds is 5. The van der Waals surface area contributed by atoms with Crippen molar-refractivity contribution in [1.29, 1.82) is 0 Å². The number of hydrogen-bond acceptors (Lipinski definition) is 6. The lowest BCUT2D eigenvalue weighted by Crippen LogP contribution is -2.36. The van der Waals surface area contributed by atoms with E-state index in [1.54, 1.807) is 41.8 Å². The molecule has 7 heteroatoms. The van der Waals surface area contributed by atoms with Gasteiger partial charge in [0, 0.05) is 0 Å². The van der Waals surface area contributed by atoms with Gasteiger partial charge < -0.3 is 9.47 Å². The first-order chi connectivity index (χ1) is 11.6. The second-order valence-electron chi connectivity index (χ2n) is 5.11. The lowest BCUT2D eigenvalue weighted by molar-refractivity contribution is -0.141. The Balaban J connectivity index is 1.65. The quantitative estimate of drug-likeness (QED) is 0.614. The van der Waals surface area contributed by atoms with E-state index >= 15 is 0 Å². The van der Waals surface area contributed by atoms with Gasteiger partial charge in [0.2, 0.25) is 11.7 Å². The van der Waals surface area contributed by atoms with Gasteiger partial charge in [-0.3, -0.25) is 19.3 Å². The molecule has 0 bridgehead atoms. The highest BCUT2D eigenvalue weighted by Gasteiger charge is 2.25. The molecule has 6 nitrogen and oxygen atoms in total. The van der Waals surface area contributed by atoms with Crippen LogP contribution < -0.4 is 9.64 Å². The first kappa shape index (κ1) is 16.2. The Morgan fingerprint density at radius 2 is 2.04 bits per heavy atom. The molecule has 0 spiro atoms. The van der Waals surface area contributed by atoms with Crippen LogP contribution in [0.1, 0.15) is 16.1 Å². The first-order valence-corrected chi connectivity index (χ1v) is 8.27. The van der Waals surface area contributed by atoms with E-state index in [-0.39, 0.29) is 37.9 Å². The summed E-state index contributed by atoms with van der Waals surface area (Å²) < 4.78 is 10.5. The van der Waals surface area contributed by atoms with Gasteiger partial charge >= 0.3 is 5.97 Å². The topological polar surface area (TPSA) is 72.9 Å². The Morgan fingerprint density at radius 3 is 2.83 bits per heavy atom. The number of Topliss-reactive ketones (excluding diaryl/α,β-unsaturated/α-hetero) is 1. The van der Waals surface area contributed by atoms with E-state index in [9.17, 15) is 14.4 Å². The normalized spacial score (nSPS) is 13.7. The van der Waals surface area contributed by atoms with Gasteiger partial charge in [0.05, 0.1) is 23.6 Å². The molecule has 0 fully saturated rings. The maximum Gasteiger partial charge on any atom is 0.326 e. The fourth-order valence-electron chi connectivity index (χ4n) is 2.32. The van der Waals surface area contributed by atoms with E-state index in [1.807, 2.05) is 0 Å². The summed E-state index contributed by atoms with van der Waals surface area (Å²) in [4.78, 5) is 38.0. The fourth-order valence-corrected chi connectivity index (χ4v) is 2.97. The number of benzene rings is 1. The Labute approximate surface area is 142 Å². The van der Waals surface area contributed by atoms with Gasteiger partial charge in [-0.2, -0.15) is 0 Å². The predicted octanol–water partition coefficient (Wildman–Crippen LogP) is 2.29. The van der Waals surface area contributed by atoms with Crippen molar-refractivity contribution in [2.24, 2.45) is 0 Å². The Morgan fingerprint density at radius 1 is 1.21 bits per heavy atom. The number of carbonyl (C=O) groups excluding carboxylic acids is 3. The molecule has 124 valence electrons. The minimum absolute atomic E-state index is 0.177. The van der Waals surface area contributed by atoms with Gasteiger partial charge in [-0.1, -0.05) is 18.2 Å². The van der Waals surface area contributed by atoms with Crippen LogP contribution in [0.15, 0.2) is 41.8 Å². The van der Waals surface area contributed by atoms with Crippen LogP contribution in [-0.4, -0.2) is 37.4 Å². The number of esters is 1. The van der Waals surface area contributed by atoms with E-state index in [0.717, 1.165) is 0 Å². The Hall–Kier alpha value is -2.67. The minimum Gasteiger partial charge on any atom is -0.491 e. The highest BCUT2D eigenvalue weighted by molar-refractivity contribution is 7.12. The molecule has 2 aromatic rings. The summed E-state index contributed by atoms with van der Waals surface area (Å²) in [6, 6.07) is 10.4. The molecule has 0 N–H and O–H groups in total. The number of carbonyl (C=O) groups is 3. The summed E-state index contributed by atoms with van der Waals surface area (Å²) >= 11 is 1.29. The van der Waals surface area contributed by atoms with Crippen molar-refractivity contribution in [3.63, 3.8) is 0 Å². The molecule has 1 amide bonds. The Bertz CT molecular complexity index is 756. The zero-order chi connectivity index (χ0) is 16.9. The van der Waals surface area contributed by atoms with Crippen LogP contribution in [0.3, 0.4) is 0 Å². The smallest absolute Gasteiger partial charge is 0.326 e.